The molecule has 1 aromatic rings. The summed E-state index contributed by atoms with van der Waals surface area (Å²) in [5.74, 6) is 0.788. The molecule has 0 bridgehead atoms. The number of hydrogen-bond acceptors (Lipinski definition) is 4. The Hall–Kier alpha value is -1.73. The van der Waals surface area contributed by atoms with E-state index in [1.54, 1.807) is 19.2 Å². The van der Waals surface area contributed by atoms with Gasteiger partial charge in [0, 0.05) is 11.9 Å². The van der Waals surface area contributed by atoms with Gasteiger partial charge in [0.15, 0.2) is 0 Å². The second-order valence-corrected chi connectivity index (χ2v) is 3.94. The first-order valence-corrected chi connectivity index (χ1v) is 5.39. The number of anilines is 1. The first-order chi connectivity index (χ1) is 7.71. The molecule has 0 aliphatic carbocycles. The number of ether oxygens (including phenoxy) is 1. The molecular formula is C11H8IN3O. The van der Waals surface area contributed by atoms with Crippen LogP contribution in [0.15, 0.2) is 30.0 Å². The standard InChI is InChI=1S/C11H8IN3O/c1-16-11-3-2-9(4-10(11)12)15-7-8(5-13)6-14/h2-4,7,15H,1H3. The summed E-state index contributed by atoms with van der Waals surface area (Å²) >= 11 is 2.15. The second-order valence-electron chi connectivity index (χ2n) is 2.78. The number of methoxy groups -OCH3 is 1. The van der Waals surface area contributed by atoms with Crippen molar-refractivity contribution in [1.82, 2.24) is 0 Å². The van der Waals surface area contributed by atoms with Crippen molar-refractivity contribution in [3.05, 3.63) is 33.5 Å². The highest BCUT2D eigenvalue weighted by Gasteiger charge is 2.00. The van der Waals surface area contributed by atoms with Crippen molar-refractivity contribution in [2.75, 3.05) is 12.4 Å². The highest BCUT2D eigenvalue weighted by Crippen LogP contribution is 2.24. The summed E-state index contributed by atoms with van der Waals surface area (Å²) in [6.07, 6.45) is 1.37. The monoisotopic (exact) mass is 325 g/mol. The molecule has 0 fully saturated rings. The quantitative estimate of drug-likeness (QED) is 0.685. The van der Waals surface area contributed by atoms with E-state index in [2.05, 4.69) is 27.9 Å². The van der Waals surface area contributed by atoms with Crippen LogP contribution in [0.25, 0.3) is 0 Å². The fourth-order valence-electron chi connectivity index (χ4n) is 1.00. The smallest absolute Gasteiger partial charge is 0.145 e. The van der Waals surface area contributed by atoms with E-state index < -0.39 is 0 Å². The minimum Gasteiger partial charge on any atom is -0.496 e. The van der Waals surface area contributed by atoms with Crippen LogP contribution < -0.4 is 10.1 Å². The number of benzene rings is 1. The zero-order valence-electron chi connectivity index (χ0n) is 8.49. The summed E-state index contributed by atoms with van der Waals surface area (Å²) < 4.78 is 6.07. The van der Waals surface area contributed by atoms with Gasteiger partial charge in [-0.05, 0) is 40.8 Å². The van der Waals surface area contributed by atoms with Gasteiger partial charge in [-0.15, -0.1) is 0 Å². The lowest BCUT2D eigenvalue weighted by molar-refractivity contribution is 0.412. The molecule has 0 saturated carbocycles. The van der Waals surface area contributed by atoms with Crippen LogP contribution in [0.2, 0.25) is 0 Å². The lowest BCUT2D eigenvalue weighted by Gasteiger charge is -2.05. The van der Waals surface area contributed by atoms with Gasteiger partial charge in [-0.2, -0.15) is 10.5 Å². The Morgan fingerprint density at radius 1 is 1.44 bits per heavy atom. The van der Waals surface area contributed by atoms with Crippen molar-refractivity contribution in [2.24, 2.45) is 0 Å². The summed E-state index contributed by atoms with van der Waals surface area (Å²) in [6, 6.07) is 9.03. The minimum atomic E-state index is 0.0332. The molecule has 1 rings (SSSR count). The van der Waals surface area contributed by atoms with E-state index in [4.69, 9.17) is 15.3 Å². The predicted octanol–water partition coefficient (Wildman–Crippen LogP) is 2.64. The number of nitrogens with zero attached hydrogens (tertiary/aromatic N) is 2. The van der Waals surface area contributed by atoms with Crippen LogP contribution in [0.4, 0.5) is 5.69 Å². The molecular weight excluding hydrogens is 317 g/mol. The van der Waals surface area contributed by atoms with Gasteiger partial charge < -0.3 is 10.1 Å². The van der Waals surface area contributed by atoms with Gasteiger partial charge in [0.2, 0.25) is 0 Å². The van der Waals surface area contributed by atoms with E-state index in [9.17, 15) is 0 Å². The van der Waals surface area contributed by atoms with Gasteiger partial charge in [0.25, 0.3) is 0 Å². The Balaban J connectivity index is 2.85. The van der Waals surface area contributed by atoms with E-state index in [1.807, 2.05) is 18.2 Å². The number of nitriles is 2. The fraction of sp³-hybridized carbons (Fsp3) is 0.0909. The Bertz CT molecular complexity index is 481. The normalized spacial score (nSPS) is 8.50. The molecule has 0 atom stereocenters. The summed E-state index contributed by atoms with van der Waals surface area (Å²) in [5, 5.41) is 19.9. The van der Waals surface area contributed by atoms with Gasteiger partial charge in [-0.3, -0.25) is 0 Å². The van der Waals surface area contributed by atoms with Gasteiger partial charge >= 0.3 is 0 Å². The predicted molar refractivity (Wildman–Crippen MR) is 68.6 cm³/mol. The molecule has 0 aliphatic rings. The molecule has 4 nitrogen and oxygen atoms in total. The lowest BCUT2D eigenvalue weighted by Crippen LogP contribution is -1.92. The molecule has 80 valence electrons. The molecule has 0 heterocycles. The van der Waals surface area contributed by atoms with Gasteiger partial charge in [-0.25, -0.2) is 0 Å². The van der Waals surface area contributed by atoms with E-state index in [0.29, 0.717) is 0 Å². The SMILES string of the molecule is COc1ccc(NC=C(C#N)C#N)cc1I. The maximum Gasteiger partial charge on any atom is 0.145 e. The average molecular weight is 325 g/mol. The maximum atomic E-state index is 8.54. The van der Waals surface area contributed by atoms with Crippen LogP contribution in [0.3, 0.4) is 0 Å². The number of nitrogens with one attached hydrogen (secondary N) is 1. The Morgan fingerprint density at radius 2 is 2.12 bits per heavy atom. The molecule has 0 saturated heterocycles. The maximum absolute atomic E-state index is 8.54. The summed E-state index contributed by atoms with van der Waals surface area (Å²) in [4.78, 5) is 0. The van der Waals surface area contributed by atoms with Crippen molar-refractivity contribution in [3.8, 4) is 17.9 Å². The Kier molecular flexibility index (Phi) is 4.62. The van der Waals surface area contributed by atoms with Crippen molar-refractivity contribution in [1.29, 1.82) is 10.5 Å². The topological polar surface area (TPSA) is 68.8 Å². The molecule has 1 N–H and O–H groups in total. The van der Waals surface area contributed by atoms with Crippen LogP contribution in [0.1, 0.15) is 0 Å². The molecule has 0 spiro atoms. The molecule has 5 heteroatoms. The minimum absolute atomic E-state index is 0.0332. The van der Waals surface area contributed by atoms with Gasteiger partial charge in [0.1, 0.15) is 23.5 Å². The first kappa shape index (κ1) is 12.3. The number of rotatable bonds is 3. The van der Waals surface area contributed by atoms with Crippen LogP contribution >= 0.6 is 22.6 Å². The second kappa shape index (κ2) is 5.99. The number of halogens is 1. The van der Waals surface area contributed by atoms with E-state index in [0.717, 1.165) is 15.0 Å². The zero-order valence-corrected chi connectivity index (χ0v) is 10.6. The summed E-state index contributed by atoms with van der Waals surface area (Å²) in [6.45, 7) is 0. The molecule has 0 radical (unpaired) electrons. The largest absolute Gasteiger partial charge is 0.496 e. The van der Waals surface area contributed by atoms with Crippen LogP contribution in [0.5, 0.6) is 5.75 Å². The Labute approximate surface area is 107 Å². The lowest BCUT2D eigenvalue weighted by atomic mass is 10.3. The van der Waals surface area contributed by atoms with Crippen molar-refractivity contribution in [2.45, 2.75) is 0 Å². The van der Waals surface area contributed by atoms with Crippen molar-refractivity contribution in [3.63, 3.8) is 0 Å². The molecule has 16 heavy (non-hydrogen) atoms. The highest BCUT2D eigenvalue weighted by molar-refractivity contribution is 14.1. The molecule has 0 aromatic heterocycles. The molecule has 0 aliphatic heterocycles. The van der Waals surface area contributed by atoms with Crippen molar-refractivity contribution < 1.29 is 4.74 Å². The third kappa shape index (κ3) is 3.14. The number of allylic oxidation sites excluding steroid dienone is 1. The van der Waals surface area contributed by atoms with E-state index >= 15 is 0 Å². The number of hydrogen-bond donors (Lipinski definition) is 1. The average Bonchev–Trinajstić information content (AvgIpc) is 2.30. The fourth-order valence-corrected chi connectivity index (χ4v) is 1.74. The van der Waals surface area contributed by atoms with Crippen LogP contribution in [0, 0.1) is 26.2 Å². The van der Waals surface area contributed by atoms with Crippen LogP contribution in [-0.2, 0) is 0 Å². The third-order valence-electron chi connectivity index (χ3n) is 1.78. The zero-order chi connectivity index (χ0) is 12.0. The van der Waals surface area contributed by atoms with Gasteiger partial charge in [-0.1, -0.05) is 0 Å². The van der Waals surface area contributed by atoms with Gasteiger partial charge in [0.05, 0.1) is 10.7 Å². The third-order valence-corrected chi connectivity index (χ3v) is 2.62. The van der Waals surface area contributed by atoms with Crippen LogP contribution in [-0.4, -0.2) is 7.11 Å². The summed E-state index contributed by atoms with van der Waals surface area (Å²) in [5.41, 5.74) is 0.832. The van der Waals surface area contributed by atoms with E-state index in [1.165, 1.54) is 6.20 Å². The van der Waals surface area contributed by atoms with Crippen molar-refractivity contribution >= 4 is 28.3 Å². The molecule has 0 unspecified atom stereocenters. The molecule has 1 aromatic carbocycles. The highest BCUT2D eigenvalue weighted by atomic mass is 127. The molecule has 0 amide bonds. The first-order valence-electron chi connectivity index (χ1n) is 4.31. The Morgan fingerprint density at radius 3 is 2.62 bits per heavy atom. The van der Waals surface area contributed by atoms with E-state index in [-0.39, 0.29) is 5.57 Å². The summed E-state index contributed by atoms with van der Waals surface area (Å²) in [7, 11) is 1.61.